The number of aromatic carboxylic acids is 1. The number of rotatable bonds is 8. The van der Waals surface area contributed by atoms with Gasteiger partial charge in [-0.15, -0.1) is 0 Å². The third-order valence-electron chi connectivity index (χ3n) is 7.01. The molecule has 1 N–H and O–H groups in total. The van der Waals surface area contributed by atoms with Crippen LogP contribution in [-0.4, -0.2) is 50.4 Å². The Labute approximate surface area is 222 Å². The Balaban J connectivity index is 1.41. The van der Waals surface area contributed by atoms with Crippen LogP contribution in [0.5, 0.6) is 11.6 Å². The molecule has 0 atom stereocenters. The minimum absolute atomic E-state index is 0.0266. The summed E-state index contributed by atoms with van der Waals surface area (Å²) in [6.07, 6.45) is 2.31. The first kappa shape index (κ1) is 25.5. The number of hydrogen-bond acceptors (Lipinski definition) is 6. The van der Waals surface area contributed by atoms with Crippen LogP contribution in [0.15, 0.2) is 60.8 Å². The number of pyridine rings is 1. The van der Waals surface area contributed by atoms with Gasteiger partial charge >= 0.3 is 5.97 Å². The van der Waals surface area contributed by atoms with Crippen molar-refractivity contribution in [3.63, 3.8) is 0 Å². The van der Waals surface area contributed by atoms with Crippen LogP contribution in [0.3, 0.4) is 0 Å². The molecule has 0 unspecified atom stereocenters. The Hall–Kier alpha value is -4.17. The van der Waals surface area contributed by atoms with Crippen LogP contribution in [0, 0.1) is 6.92 Å². The zero-order chi connectivity index (χ0) is 26.8. The van der Waals surface area contributed by atoms with E-state index in [4.69, 9.17) is 14.5 Å². The fourth-order valence-electron chi connectivity index (χ4n) is 4.89. The molecular formula is C30H32N4O4. The number of para-hydroxylation sites is 1. The zero-order valence-corrected chi connectivity index (χ0v) is 22.1. The smallest absolute Gasteiger partial charge is 0.342 e. The van der Waals surface area contributed by atoms with Crippen molar-refractivity contribution in [1.29, 1.82) is 0 Å². The molecule has 5 rings (SSSR count). The predicted molar refractivity (Wildman–Crippen MR) is 145 cm³/mol. The summed E-state index contributed by atoms with van der Waals surface area (Å²) >= 11 is 0. The van der Waals surface area contributed by atoms with Gasteiger partial charge < -0.3 is 14.6 Å². The molecule has 8 nitrogen and oxygen atoms in total. The lowest BCUT2D eigenvalue weighted by Gasteiger charge is -2.32. The Morgan fingerprint density at radius 2 is 1.92 bits per heavy atom. The highest BCUT2D eigenvalue weighted by Crippen LogP contribution is 2.34. The second-order valence-corrected chi connectivity index (χ2v) is 9.82. The van der Waals surface area contributed by atoms with Crippen LogP contribution in [0.25, 0.3) is 17.1 Å². The Morgan fingerprint density at radius 1 is 1.11 bits per heavy atom. The average molecular weight is 513 g/mol. The molecule has 3 heterocycles. The molecule has 38 heavy (non-hydrogen) atoms. The van der Waals surface area contributed by atoms with Crippen LogP contribution in [0.4, 0.5) is 0 Å². The van der Waals surface area contributed by atoms with Gasteiger partial charge in [0.1, 0.15) is 17.9 Å². The first-order valence-corrected chi connectivity index (χ1v) is 12.8. The maximum Gasteiger partial charge on any atom is 0.342 e. The van der Waals surface area contributed by atoms with Gasteiger partial charge in [0.2, 0.25) is 5.88 Å². The van der Waals surface area contributed by atoms with E-state index >= 15 is 0 Å². The number of aryl methyl sites for hydroxylation is 1. The Bertz CT molecular complexity index is 1480. The van der Waals surface area contributed by atoms with Gasteiger partial charge in [0.25, 0.3) is 0 Å². The van der Waals surface area contributed by atoms with Crippen LogP contribution < -0.4 is 9.47 Å². The zero-order valence-electron chi connectivity index (χ0n) is 22.1. The van der Waals surface area contributed by atoms with Crippen molar-refractivity contribution >= 4 is 5.97 Å². The van der Waals surface area contributed by atoms with Crippen molar-refractivity contribution in [2.45, 2.75) is 46.4 Å². The molecule has 0 aliphatic carbocycles. The van der Waals surface area contributed by atoms with Crippen molar-refractivity contribution in [2.75, 3.05) is 13.7 Å². The number of hydrogen-bond donors (Lipinski definition) is 1. The van der Waals surface area contributed by atoms with E-state index in [9.17, 15) is 9.90 Å². The predicted octanol–water partition coefficient (Wildman–Crippen LogP) is 5.30. The summed E-state index contributed by atoms with van der Waals surface area (Å²) in [4.78, 5) is 18.8. The summed E-state index contributed by atoms with van der Waals surface area (Å²) in [5.41, 5.74) is 6.45. The number of aromatic nitrogens is 3. The van der Waals surface area contributed by atoms with E-state index in [1.54, 1.807) is 6.07 Å². The molecule has 8 heteroatoms. The average Bonchev–Trinajstić information content (AvgIpc) is 3.36. The highest BCUT2D eigenvalue weighted by Gasteiger charge is 2.21. The van der Waals surface area contributed by atoms with E-state index in [1.165, 1.54) is 29.1 Å². The lowest BCUT2D eigenvalue weighted by Crippen LogP contribution is -2.35. The lowest BCUT2D eigenvalue weighted by atomic mass is 9.96. The van der Waals surface area contributed by atoms with Crippen molar-refractivity contribution in [2.24, 2.45) is 0 Å². The third kappa shape index (κ3) is 4.99. The third-order valence-corrected chi connectivity index (χ3v) is 7.01. The summed E-state index contributed by atoms with van der Waals surface area (Å²) in [6, 6.07) is 18.7. The molecule has 2 aromatic heterocycles. The van der Waals surface area contributed by atoms with Crippen LogP contribution in [-0.2, 0) is 19.6 Å². The number of carboxylic acid groups (broad SMARTS) is 1. The summed E-state index contributed by atoms with van der Waals surface area (Å²) in [5, 5.41) is 13.6. The Kier molecular flexibility index (Phi) is 7.15. The molecule has 1 aliphatic rings. The number of benzene rings is 2. The molecule has 0 amide bonds. The highest BCUT2D eigenvalue weighted by molar-refractivity contribution is 5.90. The summed E-state index contributed by atoms with van der Waals surface area (Å²) in [5.74, 6) is 0.216. The van der Waals surface area contributed by atoms with Crippen molar-refractivity contribution in [1.82, 2.24) is 19.7 Å². The van der Waals surface area contributed by atoms with Gasteiger partial charge in [-0.05, 0) is 67.6 Å². The molecule has 1 aliphatic heterocycles. The number of fused-ring (bicyclic) bond motifs is 1. The minimum atomic E-state index is -1.11. The molecule has 0 saturated heterocycles. The fourth-order valence-corrected chi connectivity index (χ4v) is 4.89. The first-order valence-electron chi connectivity index (χ1n) is 12.8. The normalized spacial score (nSPS) is 13.4. The number of ether oxygens (including phenoxy) is 2. The number of carboxylic acids is 1. The second-order valence-electron chi connectivity index (χ2n) is 9.82. The molecule has 0 bridgehead atoms. The molecule has 196 valence electrons. The quantitative estimate of drug-likeness (QED) is 0.343. The fraction of sp³-hybridized carbons (Fsp3) is 0.300. The number of nitrogens with zero attached hydrogens (tertiary/aromatic N) is 4. The van der Waals surface area contributed by atoms with Gasteiger partial charge in [0.05, 0.1) is 19.0 Å². The molecule has 0 fully saturated rings. The van der Waals surface area contributed by atoms with Gasteiger partial charge in [0, 0.05) is 24.7 Å². The largest absolute Gasteiger partial charge is 0.488 e. The summed E-state index contributed by atoms with van der Waals surface area (Å²) < 4.78 is 13.1. The Morgan fingerprint density at radius 3 is 2.68 bits per heavy atom. The van der Waals surface area contributed by atoms with Gasteiger partial charge in [-0.3, -0.25) is 4.90 Å². The van der Waals surface area contributed by atoms with Crippen molar-refractivity contribution in [3.05, 3.63) is 88.6 Å². The van der Waals surface area contributed by atoms with Gasteiger partial charge in [0.15, 0.2) is 5.82 Å². The van der Waals surface area contributed by atoms with E-state index in [0.29, 0.717) is 24.2 Å². The van der Waals surface area contributed by atoms with E-state index in [2.05, 4.69) is 42.0 Å². The van der Waals surface area contributed by atoms with Crippen molar-refractivity contribution in [3.8, 4) is 28.7 Å². The highest BCUT2D eigenvalue weighted by atomic mass is 16.5. The monoisotopic (exact) mass is 512 g/mol. The molecule has 4 aromatic rings. The second kappa shape index (κ2) is 10.7. The topological polar surface area (TPSA) is 89.7 Å². The van der Waals surface area contributed by atoms with Crippen LogP contribution in [0.1, 0.15) is 46.5 Å². The molecule has 0 spiro atoms. The molecular weight excluding hydrogens is 480 g/mol. The van der Waals surface area contributed by atoms with Gasteiger partial charge in [-0.2, -0.15) is 9.78 Å². The maximum absolute atomic E-state index is 11.5. The number of carbonyl (C=O) groups is 1. The van der Waals surface area contributed by atoms with E-state index in [0.717, 1.165) is 42.0 Å². The number of methoxy groups -OCH3 is 1. The van der Waals surface area contributed by atoms with Gasteiger partial charge in [-0.1, -0.05) is 36.4 Å². The van der Waals surface area contributed by atoms with E-state index in [-0.39, 0.29) is 11.4 Å². The minimum Gasteiger partial charge on any atom is -0.488 e. The lowest BCUT2D eigenvalue weighted by molar-refractivity contribution is 0.0693. The maximum atomic E-state index is 11.5. The standard InChI is InChI=1S/C30H32N4O4/c1-19(2)33-14-13-22-15-21(11-12-23(22)17-33)18-38-28-20(3)7-5-8-24(28)26-9-6-10-27(32-26)34-29(37-4)25(16-31-34)30(35)36/h5-12,15-16,19H,13-14,17-18H2,1-4H3,(H,35,36). The van der Waals surface area contributed by atoms with Crippen LogP contribution >= 0.6 is 0 Å². The first-order chi connectivity index (χ1) is 18.4. The van der Waals surface area contributed by atoms with E-state index in [1.807, 2.05) is 37.3 Å². The summed E-state index contributed by atoms with van der Waals surface area (Å²) in [7, 11) is 1.41. The van der Waals surface area contributed by atoms with E-state index < -0.39 is 5.97 Å². The van der Waals surface area contributed by atoms with Crippen LogP contribution in [0.2, 0.25) is 0 Å². The van der Waals surface area contributed by atoms with Crippen molar-refractivity contribution < 1.29 is 19.4 Å². The van der Waals surface area contributed by atoms with Gasteiger partial charge in [-0.25, -0.2) is 9.78 Å². The molecule has 2 aromatic carbocycles. The molecule has 0 saturated carbocycles. The molecule has 0 radical (unpaired) electrons. The summed E-state index contributed by atoms with van der Waals surface area (Å²) in [6.45, 7) is 9.03. The SMILES string of the molecule is COc1c(C(=O)O)cnn1-c1cccc(-c2cccc(C)c2OCc2ccc3c(c2)CCN(C(C)C)C3)n1.